The molecule has 0 amide bonds. The number of rotatable bonds is 7. The summed E-state index contributed by atoms with van der Waals surface area (Å²) in [6.07, 6.45) is 2.09. The Balaban J connectivity index is 1.63. The quantitative estimate of drug-likeness (QED) is 0.177. The van der Waals surface area contributed by atoms with Gasteiger partial charge < -0.3 is 9.04 Å². The molecule has 0 aliphatic rings. The lowest BCUT2D eigenvalue weighted by atomic mass is 10.1. The molecule has 0 bridgehead atoms. The fourth-order valence-corrected chi connectivity index (χ4v) is 5.39. The molecule has 36 heavy (non-hydrogen) atoms. The molecule has 3 aromatic carbocycles. The van der Waals surface area contributed by atoms with Crippen LogP contribution < -0.4 is 4.31 Å². The van der Waals surface area contributed by atoms with Crippen LogP contribution in [-0.4, -0.2) is 28.6 Å². The Hall–Kier alpha value is -2.93. The summed E-state index contributed by atoms with van der Waals surface area (Å²) in [5.74, 6) is -0.378. The normalized spacial score (nSPS) is 11.5. The predicted molar refractivity (Wildman–Crippen MR) is 148 cm³/mol. The molecule has 8 heteroatoms. The molecule has 1 heterocycles. The number of carbonyl (C=O) groups excluding carboxylic acids is 2. The number of ether oxygens (including phenoxy) is 1. The van der Waals surface area contributed by atoms with Crippen LogP contribution in [0.15, 0.2) is 83.9 Å². The van der Waals surface area contributed by atoms with Gasteiger partial charge in [0.15, 0.2) is 0 Å². The number of fused-ring (bicyclic) bond motifs is 1. The van der Waals surface area contributed by atoms with Gasteiger partial charge in [-0.2, -0.15) is 0 Å². The number of benzene rings is 3. The smallest absolute Gasteiger partial charge is 0.327 e. The molecular formula is C28H26Cl2N2O3S. The highest BCUT2D eigenvalue weighted by Crippen LogP contribution is 2.34. The molecule has 0 N–H and O–H groups in total. The van der Waals surface area contributed by atoms with Crippen LogP contribution in [0.1, 0.15) is 31.1 Å². The van der Waals surface area contributed by atoms with Crippen molar-refractivity contribution in [2.24, 2.45) is 0 Å². The third-order valence-electron chi connectivity index (χ3n) is 5.17. The van der Waals surface area contributed by atoms with E-state index in [0.717, 1.165) is 27.0 Å². The summed E-state index contributed by atoms with van der Waals surface area (Å²) in [6, 6.07) is 22.5. The van der Waals surface area contributed by atoms with Crippen LogP contribution in [0.25, 0.3) is 10.9 Å². The van der Waals surface area contributed by atoms with Gasteiger partial charge in [0.1, 0.15) is 12.1 Å². The number of halogens is 2. The highest BCUT2D eigenvalue weighted by Gasteiger charge is 2.21. The highest BCUT2D eigenvalue weighted by atomic mass is 35.5. The summed E-state index contributed by atoms with van der Waals surface area (Å²) < 4.78 is 9.05. The van der Waals surface area contributed by atoms with Crippen LogP contribution in [-0.2, 0) is 16.0 Å². The lowest BCUT2D eigenvalue weighted by Gasteiger charge is -2.26. The van der Waals surface area contributed by atoms with E-state index in [1.807, 2.05) is 79.7 Å². The van der Waals surface area contributed by atoms with Gasteiger partial charge in [0, 0.05) is 32.2 Å². The lowest BCUT2D eigenvalue weighted by molar-refractivity contribution is -0.152. The number of carbonyl (C=O) groups is 2. The van der Waals surface area contributed by atoms with E-state index in [-0.39, 0.29) is 18.4 Å². The van der Waals surface area contributed by atoms with Gasteiger partial charge in [-0.3, -0.25) is 14.2 Å². The van der Waals surface area contributed by atoms with E-state index >= 15 is 0 Å². The second-order valence-electron chi connectivity index (χ2n) is 9.30. The van der Waals surface area contributed by atoms with Crippen molar-refractivity contribution in [1.82, 2.24) is 4.57 Å². The molecule has 0 saturated carbocycles. The zero-order valence-corrected chi connectivity index (χ0v) is 22.5. The maximum Gasteiger partial charge on any atom is 0.327 e. The zero-order chi connectivity index (χ0) is 25.9. The van der Waals surface area contributed by atoms with E-state index in [4.69, 9.17) is 27.9 Å². The molecule has 0 radical (unpaired) electrons. The summed E-state index contributed by atoms with van der Waals surface area (Å²) >= 11 is 13.7. The van der Waals surface area contributed by atoms with Crippen molar-refractivity contribution in [2.45, 2.75) is 37.7 Å². The lowest BCUT2D eigenvalue weighted by Crippen LogP contribution is -2.31. The fraction of sp³-hybridized carbons (Fsp3) is 0.214. The van der Waals surface area contributed by atoms with Gasteiger partial charge in [-0.05, 0) is 80.7 Å². The Morgan fingerprint density at radius 1 is 0.944 bits per heavy atom. The summed E-state index contributed by atoms with van der Waals surface area (Å²) in [5.41, 5.74) is 1.93. The summed E-state index contributed by atoms with van der Waals surface area (Å²) in [5, 5.41) is 1.89. The molecule has 0 atom stereocenters. The Bertz CT molecular complexity index is 1380. The summed E-state index contributed by atoms with van der Waals surface area (Å²) in [7, 11) is 0. The maximum absolute atomic E-state index is 13.0. The fourth-order valence-electron chi connectivity index (χ4n) is 3.73. The average molecular weight is 542 g/mol. The van der Waals surface area contributed by atoms with Crippen molar-refractivity contribution in [3.63, 3.8) is 0 Å². The first-order valence-electron chi connectivity index (χ1n) is 11.4. The largest absolute Gasteiger partial charge is 0.459 e. The molecule has 0 aliphatic heterocycles. The third kappa shape index (κ3) is 6.84. The van der Waals surface area contributed by atoms with Gasteiger partial charge in [0.05, 0.1) is 11.9 Å². The number of anilines is 1. The van der Waals surface area contributed by atoms with Gasteiger partial charge in [0.2, 0.25) is 5.91 Å². The topological polar surface area (TPSA) is 51.5 Å². The van der Waals surface area contributed by atoms with Gasteiger partial charge in [-0.15, -0.1) is 0 Å². The van der Waals surface area contributed by atoms with E-state index in [0.29, 0.717) is 16.5 Å². The molecule has 0 unspecified atom stereocenters. The van der Waals surface area contributed by atoms with E-state index in [9.17, 15) is 9.59 Å². The molecule has 0 saturated heterocycles. The zero-order valence-electron chi connectivity index (χ0n) is 20.2. The van der Waals surface area contributed by atoms with Crippen molar-refractivity contribution in [2.75, 3.05) is 10.8 Å². The molecule has 4 rings (SSSR count). The van der Waals surface area contributed by atoms with Crippen molar-refractivity contribution in [1.29, 1.82) is 0 Å². The van der Waals surface area contributed by atoms with Crippen LogP contribution in [0.3, 0.4) is 0 Å². The standard InChI is InChI=1S/C28H26Cl2N2O3S/c1-28(2,3)35-27(34)18-32(36-24-16-21(29)15-22(30)17-24)23-9-10-25-20(14-23)11-12-31(25)26(33)13-19-7-5-4-6-8-19/h4-12,14-17H,13,18H2,1-3H3. The maximum atomic E-state index is 13.0. The van der Waals surface area contributed by atoms with E-state index < -0.39 is 5.60 Å². The van der Waals surface area contributed by atoms with Gasteiger partial charge >= 0.3 is 5.97 Å². The van der Waals surface area contributed by atoms with Gasteiger partial charge in [0.25, 0.3) is 0 Å². The number of esters is 1. The van der Waals surface area contributed by atoms with Crippen LogP contribution in [0.4, 0.5) is 5.69 Å². The van der Waals surface area contributed by atoms with E-state index in [2.05, 4.69) is 0 Å². The Morgan fingerprint density at radius 2 is 1.64 bits per heavy atom. The molecule has 4 aromatic rings. The van der Waals surface area contributed by atoms with Crippen molar-refractivity contribution in [3.8, 4) is 0 Å². The van der Waals surface area contributed by atoms with Crippen LogP contribution >= 0.6 is 35.1 Å². The monoisotopic (exact) mass is 540 g/mol. The number of hydrogen-bond acceptors (Lipinski definition) is 5. The average Bonchev–Trinajstić information content (AvgIpc) is 3.21. The van der Waals surface area contributed by atoms with Crippen LogP contribution in [0.2, 0.25) is 10.0 Å². The number of hydrogen-bond donors (Lipinski definition) is 0. The minimum absolute atomic E-state index is 0.00518. The number of nitrogens with zero attached hydrogens (tertiary/aromatic N) is 2. The molecular weight excluding hydrogens is 515 g/mol. The predicted octanol–water partition coefficient (Wildman–Crippen LogP) is 7.69. The van der Waals surface area contributed by atoms with Crippen molar-refractivity contribution in [3.05, 3.63) is 94.6 Å². The third-order valence-corrected chi connectivity index (χ3v) is 6.62. The number of aromatic nitrogens is 1. The van der Waals surface area contributed by atoms with Crippen molar-refractivity contribution < 1.29 is 14.3 Å². The Morgan fingerprint density at radius 3 is 2.31 bits per heavy atom. The molecule has 186 valence electrons. The highest BCUT2D eigenvalue weighted by molar-refractivity contribution is 8.00. The van der Waals surface area contributed by atoms with Crippen molar-refractivity contribution >= 4 is 63.6 Å². The van der Waals surface area contributed by atoms with Gasteiger partial charge in [-0.25, -0.2) is 0 Å². The first-order chi connectivity index (χ1) is 17.1. The SMILES string of the molecule is CC(C)(C)OC(=O)CN(Sc1cc(Cl)cc(Cl)c1)c1ccc2c(ccn2C(=O)Cc2ccccc2)c1. The molecule has 5 nitrogen and oxygen atoms in total. The molecule has 0 fully saturated rings. The second-order valence-corrected chi connectivity index (χ2v) is 11.3. The first-order valence-corrected chi connectivity index (χ1v) is 12.9. The van der Waals surface area contributed by atoms with Crippen LogP contribution in [0.5, 0.6) is 0 Å². The minimum Gasteiger partial charge on any atom is -0.459 e. The Kier molecular flexibility index (Phi) is 7.98. The van der Waals surface area contributed by atoms with E-state index in [1.54, 1.807) is 29.0 Å². The molecule has 0 spiro atoms. The van der Waals surface area contributed by atoms with E-state index in [1.165, 1.54) is 11.9 Å². The van der Waals surface area contributed by atoms with Crippen LogP contribution in [0, 0.1) is 0 Å². The minimum atomic E-state index is -0.604. The summed E-state index contributed by atoms with van der Waals surface area (Å²) in [4.78, 5) is 26.5. The molecule has 0 aliphatic carbocycles. The van der Waals surface area contributed by atoms with Gasteiger partial charge in [-0.1, -0.05) is 53.5 Å². The molecule has 1 aromatic heterocycles. The first kappa shape index (κ1) is 26.1. The Labute approximate surface area is 225 Å². The summed E-state index contributed by atoms with van der Waals surface area (Å²) in [6.45, 7) is 5.51. The second kappa shape index (κ2) is 11.0.